The summed E-state index contributed by atoms with van der Waals surface area (Å²) in [6, 6.07) is 14.6. The Kier molecular flexibility index (Phi) is 8.71. The van der Waals surface area contributed by atoms with Gasteiger partial charge in [-0.15, -0.1) is 0 Å². The number of esters is 1. The number of aliphatic hydroxyl groups is 1. The predicted octanol–water partition coefficient (Wildman–Crippen LogP) is 2.47. The van der Waals surface area contributed by atoms with Crippen LogP contribution in [-0.4, -0.2) is 67.7 Å². The number of rotatable bonds is 10. The monoisotopic (exact) mass is 495 g/mol. The average molecular weight is 496 g/mol. The number of para-hydroxylation sites is 1. The van der Waals surface area contributed by atoms with Crippen molar-refractivity contribution in [1.29, 1.82) is 0 Å². The highest BCUT2D eigenvalue weighted by atomic mass is 16.5. The molecule has 1 aliphatic heterocycles. The van der Waals surface area contributed by atoms with Crippen molar-refractivity contribution in [3.05, 3.63) is 70.9 Å². The number of β-amino-alcohol motifs (C(OH)–C–C–N with tert-alkyl or cyclic N) is 1. The number of methoxy groups -OCH3 is 1. The van der Waals surface area contributed by atoms with Crippen LogP contribution in [0.2, 0.25) is 0 Å². The van der Waals surface area contributed by atoms with Crippen molar-refractivity contribution in [2.24, 2.45) is 0 Å². The van der Waals surface area contributed by atoms with Gasteiger partial charge in [-0.25, -0.2) is 4.79 Å². The van der Waals surface area contributed by atoms with Crippen LogP contribution >= 0.6 is 0 Å². The number of nitrogens with zero attached hydrogens (tertiary/aromatic N) is 1. The number of hydrogen-bond acceptors (Lipinski definition) is 7. The topological polar surface area (TPSA) is 117 Å². The molecular weight excluding hydrogens is 462 g/mol. The van der Waals surface area contributed by atoms with Crippen LogP contribution in [0.15, 0.2) is 59.8 Å². The van der Waals surface area contributed by atoms with Gasteiger partial charge >= 0.3 is 5.97 Å². The molecule has 36 heavy (non-hydrogen) atoms. The first-order chi connectivity index (χ1) is 17.2. The number of nitrogens with one attached hydrogen (secondary N) is 2. The summed E-state index contributed by atoms with van der Waals surface area (Å²) in [5, 5.41) is 15.0. The van der Waals surface area contributed by atoms with Crippen LogP contribution in [0.1, 0.15) is 36.7 Å². The van der Waals surface area contributed by atoms with Crippen molar-refractivity contribution in [3.63, 3.8) is 0 Å². The van der Waals surface area contributed by atoms with Crippen LogP contribution in [0, 0.1) is 0 Å². The largest absolute Gasteiger partial charge is 0.492 e. The van der Waals surface area contributed by atoms with Gasteiger partial charge in [0.25, 0.3) is 11.8 Å². The molecule has 2 amide bonds. The Hall–Kier alpha value is -3.85. The first-order valence-electron chi connectivity index (χ1n) is 11.7. The molecule has 9 nitrogen and oxygen atoms in total. The molecule has 1 aliphatic rings. The lowest BCUT2D eigenvalue weighted by molar-refractivity contribution is -0.136. The summed E-state index contributed by atoms with van der Waals surface area (Å²) in [7, 11) is 1.23. The summed E-state index contributed by atoms with van der Waals surface area (Å²) in [5.41, 5.74) is 2.09. The summed E-state index contributed by atoms with van der Waals surface area (Å²) in [6.07, 6.45) is 0. The fraction of sp³-hybridized carbons (Fsp3) is 0.370. The van der Waals surface area contributed by atoms with Crippen molar-refractivity contribution in [2.75, 3.05) is 45.3 Å². The molecule has 2 aromatic rings. The number of benzene rings is 2. The molecule has 0 saturated heterocycles. The maximum Gasteiger partial charge on any atom is 0.337 e. The van der Waals surface area contributed by atoms with Gasteiger partial charge in [0.05, 0.1) is 43.6 Å². The lowest BCUT2D eigenvalue weighted by Gasteiger charge is -2.19. The van der Waals surface area contributed by atoms with Gasteiger partial charge in [-0.3, -0.25) is 9.59 Å². The van der Waals surface area contributed by atoms with Crippen molar-refractivity contribution >= 4 is 23.5 Å². The Morgan fingerprint density at radius 2 is 1.78 bits per heavy atom. The third-order valence-corrected chi connectivity index (χ3v) is 5.76. The number of ether oxygens (including phenoxy) is 2. The van der Waals surface area contributed by atoms with Gasteiger partial charge in [0, 0.05) is 6.54 Å². The molecule has 3 rings (SSSR count). The van der Waals surface area contributed by atoms with Crippen molar-refractivity contribution < 1.29 is 29.0 Å². The van der Waals surface area contributed by atoms with E-state index in [9.17, 15) is 19.5 Å². The van der Waals surface area contributed by atoms with Gasteiger partial charge in [0.2, 0.25) is 0 Å². The summed E-state index contributed by atoms with van der Waals surface area (Å²) in [4.78, 5) is 39.3. The first kappa shape index (κ1) is 26.7. The lowest BCUT2D eigenvalue weighted by atomic mass is 9.87. The molecule has 0 spiro atoms. The lowest BCUT2D eigenvalue weighted by Crippen LogP contribution is -2.32. The zero-order chi connectivity index (χ0) is 26.3. The first-order valence-corrected chi connectivity index (χ1v) is 11.7. The van der Waals surface area contributed by atoms with E-state index in [1.807, 2.05) is 24.3 Å². The maximum absolute atomic E-state index is 12.9. The van der Waals surface area contributed by atoms with Crippen LogP contribution in [0.25, 0.3) is 0 Å². The fourth-order valence-electron chi connectivity index (χ4n) is 3.75. The van der Waals surface area contributed by atoms with Gasteiger partial charge in [-0.1, -0.05) is 45.0 Å². The highest BCUT2D eigenvalue weighted by Crippen LogP contribution is 2.26. The second kappa shape index (κ2) is 11.7. The molecule has 2 aromatic carbocycles. The maximum atomic E-state index is 12.9. The van der Waals surface area contributed by atoms with E-state index in [0.29, 0.717) is 17.0 Å². The van der Waals surface area contributed by atoms with Crippen molar-refractivity contribution in [2.45, 2.75) is 26.2 Å². The SMILES string of the molecule is COC(=O)C1=C(Nc2ccccc2C(=O)NCCOc2ccc(C(C)(C)C)cc2)C(=O)N(CCO)C1. The molecule has 9 heteroatoms. The number of hydrogen-bond donors (Lipinski definition) is 3. The Labute approximate surface area is 211 Å². The van der Waals surface area contributed by atoms with Crippen LogP contribution in [-0.2, 0) is 19.7 Å². The van der Waals surface area contributed by atoms with Crippen molar-refractivity contribution in [3.8, 4) is 5.75 Å². The van der Waals surface area contributed by atoms with E-state index in [1.54, 1.807) is 24.3 Å². The summed E-state index contributed by atoms with van der Waals surface area (Å²) in [6.45, 7) is 6.83. The van der Waals surface area contributed by atoms with E-state index < -0.39 is 11.9 Å². The summed E-state index contributed by atoms with van der Waals surface area (Å²) >= 11 is 0. The normalized spacial score (nSPS) is 13.6. The predicted molar refractivity (Wildman–Crippen MR) is 136 cm³/mol. The van der Waals surface area contributed by atoms with E-state index in [4.69, 9.17) is 9.47 Å². The average Bonchev–Trinajstić information content (AvgIpc) is 3.16. The second-order valence-corrected chi connectivity index (χ2v) is 9.34. The molecule has 0 bridgehead atoms. The van der Waals surface area contributed by atoms with Crippen molar-refractivity contribution in [1.82, 2.24) is 10.2 Å². The quantitative estimate of drug-likeness (QED) is 0.342. The van der Waals surface area contributed by atoms with Crippen LogP contribution < -0.4 is 15.4 Å². The molecular formula is C27H33N3O6. The number of carbonyl (C=O) groups is 3. The molecule has 1 heterocycles. The Balaban J connectivity index is 1.64. The van der Waals surface area contributed by atoms with Gasteiger partial charge in [-0.05, 0) is 35.2 Å². The van der Waals surface area contributed by atoms with E-state index in [0.717, 1.165) is 0 Å². The number of aliphatic hydroxyl groups excluding tert-OH is 1. The molecule has 192 valence electrons. The molecule has 0 unspecified atom stereocenters. The number of amides is 2. The van der Waals surface area contributed by atoms with Gasteiger partial charge < -0.3 is 30.1 Å². The fourth-order valence-corrected chi connectivity index (χ4v) is 3.75. The Bertz CT molecular complexity index is 1130. The summed E-state index contributed by atoms with van der Waals surface area (Å²) in [5.74, 6) is -0.747. The van der Waals surface area contributed by atoms with E-state index >= 15 is 0 Å². The minimum Gasteiger partial charge on any atom is -0.492 e. The van der Waals surface area contributed by atoms with Crippen LogP contribution in [0.5, 0.6) is 5.75 Å². The molecule has 0 saturated carbocycles. The van der Waals surface area contributed by atoms with E-state index in [1.165, 1.54) is 17.6 Å². The standard InChI is InChI=1S/C27H33N3O6/c1-27(2,3)18-9-11-19(12-10-18)36-16-13-28-24(32)20-7-5-6-8-22(20)29-23-21(26(34)35-4)17-30(14-15-31)25(23)33/h5-12,29,31H,13-17H2,1-4H3,(H,28,32). The molecule has 0 aromatic heterocycles. The number of carbonyl (C=O) groups excluding carboxylic acids is 3. The van der Waals surface area contributed by atoms with Crippen LogP contribution in [0.3, 0.4) is 0 Å². The molecule has 3 N–H and O–H groups in total. The smallest absolute Gasteiger partial charge is 0.337 e. The third-order valence-electron chi connectivity index (χ3n) is 5.76. The summed E-state index contributed by atoms with van der Waals surface area (Å²) < 4.78 is 10.5. The minimum atomic E-state index is -0.652. The molecule has 0 atom stereocenters. The van der Waals surface area contributed by atoms with Gasteiger partial charge in [-0.2, -0.15) is 0 Å². The Morgan fingerprint density at radius 3 is 2.42 bits per heavy atom. The third kappa shape index (κ3) is 6.42. The highest BCUT2D eigenvalue weighted by molar-refractivity contribution is 6.09. The second-order valence-electron chi connectivity index (χ2n) is 9.34. The van der Waals surface area contributed by atoms with E-state index in [-0.39, 0.29) is 55.4 Å². The van der Waals surface area contributed by atoms with Gasteiger partial charge in [0.15, 0.2) is 0 Å². The Morgan fingerprint density at radius 1 is 1.08 bits per heavy atom. The van der Waals surface area contributed by atoms with Crippen LogP contribution in [0.4, 0.5) is 5.69 Å². The highest BCUT2D eigenvalue weighted by Gasteiger charge is 2.34. The zero-order valence-electron chi connectivity index (χ0n) is 21.1. The van der Waals surface area contributed by atoms with Gasteiger partial charge in [0.1, 0.15) is 18.1 Å². The van der Waals surface area contributed by atoms with E-state index in [2.05, 4.69) is 31.4 Å². The molecule has 0 aliphatic carbocycles. The molecule has 0 fully saturated rings. The molecule has 0 radical (unpaired) electrons. The number of anilines is 1. The zero-order valence-corrected chi connectivity index (χ0v) is 21.1. The minimum absolute atomic E-state index is 0.0107.